The van der Waals surface area contributed by atoms with Gasteiger partial charge in [0.15, 0.2) is 0 Å². The first-order valence-electron chi connectivity index (χ1n) is 11.5. The fourth-order valence-electron chi connectivity index (χ4n) is 4.26. The Kier molecular flexibility index (Phi) is 7.10. The van der Waals surface area contributed by atoms with E-state index in [0.717, 1.165) is 55.0 Å². The summed E-state index contributed by atoms with van der Waals surface area (Å²) in [5.41, 5.74) is 4.77. The Labute approximate surface area is 210 Å². The number of hydrogen-bond acceptors (Lipinski definition) is 4. The van der Waals surface area contributed by atoms with Gasteiger partial charge in [-0.05, 0) is 42.7 Å². The van der Waals surface area contributed by atoms with Crippen molar-refractivity contribution in [2.75, 3.05) is 13.1 Å². The van der Waals surface area contributed by atoms with Crippen LogP contribution in [0.15, 0.2) is 85.1 Å². The first-order valence-corrected chi connectivity index (χ1v) is 12.2. The number of ether oxygens (including phenoxy) is 1. The zero-order valence-corrected chi connectivity index (χ0v) is 20.2. The van der Waals surface area contributed by atoms with Crippen LogP contribution < -0.4 is 4.74 Å². The Hall–Kier alpha value is -2.92. The summed E-state index contributed by atoms with van der Waals surface area (Å²) in [7, 11) is 0. The maximum Gasteiger partial charge on any atom is 0.233 e. The fourth-order valence-corrected chi connectivity index (χ4v) is 4.51. The number of halogens is 2. The van der Waals surface area contributed by atoms with Crippen molar-refractivity contribution in [2.45, 2.75) is 25.5 Å². The third kappa shape index (κ3) is 5.58. The van der Waals surface area contributed by atoms with Crippen molar-refractivity contribution >= 4 is 23.2 Å². The fraction of sp³-hybridized carbons (Fsp3) is 0.214. The van der Waals surface area contributed by atoms with Crippen LogP contribution in [0.1, 0.15) is 18.4 Å². The number of piperidine rings is 1. The molecule has 0 N–H and O–H groups in total. The molecule has 6 heteroatoms. The molecule has 4 nitrogen and oxygen atoms in total. The number of nitrogens with zero attached hydrogens (tertiary/aromatic N) is 3. The number of aromatic nitrogens is 2. The molecule has 0 saturated carbocycles. The molecule has 0 aliphatic carbocycles. The second-order valence-electron chi connectivity index (χ2n) is 8.50. The molecule has 172 valence electrons. The SMILES string of the molecule is Clc1ccc(-c2ncc(OC3CCN(Cc4ccccc4)CC3)nc2-c2ccc(Cl)cc2)cc1. The second-order valence-corrected chi connectivity index (χ2v) is 9.37. The Morgan fingerprint density at radius 1 is 0.765 bits per heavy atom. The average Bonchev–Trinajstić information content (AvgIpc) is 2.87. The van der Waals surface area contributed by atoms with Gasteiger partial charge in [0.2, 0.25) is 5.88 Å². The van der Waals surface area contributed by atoms with E-state index >= 15 is 0 Å². The summed E-state index contributed by atoms with van der Waals surface area (Å²) in [5, 5.41) is 1.36. The minimum Gasteiger partial charge on any atom is -0.473 e. The first-order chi connectivity index (χ1) is 16.6. The van der Waals surface area contributed by atoms with Gasteiger partial charge < -0.3 is 4.74 Å². The number of rotatable bonds is 6. The molecule has 1 aromatic heterocycles. The van der Waals surface area contributed by atoms with Crippen LogP contribution in [0.4, 0.5) is 0 Å². The molecule has 0 unspecified atom stereocenters. The zero-order chi connectivity index (χ0) is 23.3. The van der Waals surface area contributed by atoms with E-state index in [9.17, 15) is 0 Å². The summed E-state index contributed by atoms with van der Waals surface area (Å²) in [6.45, 7) is 2.98. The van der Waals surface area contributed by atoms with Crippen LogP contribution in [-0.4, -0.2) is 34.1 Å². The smallest absolute Gasteiger partial charge is 0.233 e. The minimum absolute atomic E-state index is 0.126. The molecular weight excluding hydrogens is 465 g/mol. The van der Waals surface area contributed by atoms with Crippen LogP contribution in [0.25, 0.3) is 22.5 Å². The van der Waals surface area contributed by atoms with Crippen LogP contribution >= 0.6 is 23.2 Å². The molecule has 1 aliphatic rings. The molecule has 0 amide bonds. The van der Waals surface area contributed by atoms with Crippen molar-refractivity contribution in [1.29, 1.82) is 0 Å². The van der Waals surface area contributed by atoms with Gasteiger partial charge in [0, 0.05) is 40.8 Å². The van der Waals surface area contributed by atoms with E-state index in [4.69, 9.17) is 37.9 Å². The van der Waals surface area contributed by atoms with E-state index in [1.807, 2.05) is 48.5 Å². The first kappa shape index (κ1) is 22.9. The molecule has 5 rings (SSSR count). The molecule has 1 fully saturated rings. The van der Waals surface area contributed by atoms with Crippen LogP contribution in [-0.2, 0) is 6.54 Å². The lowest BCUT2D eigenvalue weighted by molar-refractivity contribution is 0.0930. The molecule has 1 aliphatic heterocycles. The summed E-state index contributed by atoms with van der Waals surface area (Å²) in [6.07, 6.45) is 3.77. The van der Waals surface area contributed by atoms with Crippen LogP contribution in [0.3, 0.4) is 0 Å². The largest absolute Gasteiger partial charge is 0.473 e. The van der Waals surface area contributed by atoms with Crippen LogP contribution in [0, 0.1) is 0 Å². The molecule has 0 bridgehead atoms. The molecule has 2 heterocycles. The standard InChI is InChI=1S/C28H25Cl2N3O/c29-23-10-6-21(7-11-23)27-28(22-8-12-24(30)13-9-22)32-26(18-31-27)34-25-14-16-33(17-15-25)19-20-4-2-1-3-5-20/h1-13,18,25H,14-17,19H2. The second kappa shape index (κ2) is 10.6. The summed E-state index contributed by atoms with van der Waals surface area (Å²) in [6, 6.07) is 25.9. The summed E-state index contributed by atoms with van der Waals surface area (Å²) >= 11 is 12.2. The van der Waals surface area contributed by atoms with Gasteiger partial charge in [-0.2, -0.15) is 0 Å². The highest BCUT2D eigenvalue weighted by atomic mass is 35.5. The van der Waals surface area contributed by atoms with E-state index in [-0.39, 0.29) is 6.10 Å². The van der Waals surface area contributed by atoms with Gasteiger partial charge in [-0.1, -0.05) is 77.8 Å². The van der Waals surface area contributed by atoms with Crippen molar-refractivity contribution in [2.24, 2.45) is 0 Å². The number of hydrogen-bond donors (Lipinski definition) is 0. The Bertz CT molecular complexity index is 1220. The van der Waals surface area contributed by atoms with Gasteiger partial charge in [0.05, 0.1) is 11.9 Å². The lowest BCUT2D eigenvalue weighted by Gasteiger charge is -2.31. The highest BCUT2D eigenvalue weighted by Crippen LogP contribution is 2.32. The Balaban J connectivity index is 1.33. The molecule has 0 spiro atoms. The predicted octanol–water partition coefficient (Wildman–Crippen LogP) is 7.16. The van der Waals surface area contributed by atoms with Gasteiger partial charge in [-0.3, -0.25) is 4.90 Å². The van der Waals surface area contributed by atoms with Crippen molar-refractivity contribution in [3.8, 4) is 28.4 Å². The minimum atomic E-state index is 0.126. The molecule has 4 aromatic rings. The molecule has 34 heavy (non-hydrogen) atoms. The molecule has 0 radical (unpaired) electrons. The van der Waals surface area contributed by atoms with E-state index in [0.29, 0.717) is 15.9 Å². The van der Waals surface area contributed by atoms with Crippen LogP contribution in [0.5, 0.6) is 5.88 Å². The summed E-state index contributed by atoms with van der Waals surface area (Å²) in [5.74, 6) is 0.546. The molecule has 1 saturated heterocycles. The average molecular weight is 490 g/mol. The third-order valence-corrected chi connectivity index (χ3v) is 6.56. The zero-order valence-electron chi connectivity index (χ0n) is 18.7. The lowest BCUT2D eigenvalue weighted by Crippen LogP contribution is -2.37. The topological polar surface area (TPSA) is 38.2 Å². The van der Waals surface area contributed by atoms with E-state index in [1.165, 1.54) is 5.56 Å². The van der Waals surface area contributed by atoms with Crippen LogP contribution in [0.2, 0.25) is 10.0 Å². The quantitative estimate of drug-likeness (QED) is 0.288. The number of likely N-dealkylation sites (tertiary alicyclic amines) is 1. The lowest BCUT2D eigenvalue weighted by atomic mass is 10.0. The van der Waals surface area contributed by atoms with Gasteiger partial charge in [-0.25, -0.2) is 9.97 Å². The van der Waals surface area contributed by atoms with E-state index in [1.54, 1.807) is 6.20 Å². The van der Waals surface area contributed by atoms with Gasteiger partial charge in [0.1, 0.15) is 11.8 Å². The predicted molar refractivity (Wildman–Crippen MR) is 138 cm³/mol. The molecular formula is C28H25Cl2N3O. The van der Waals surface area contributed by atoms with Crippen molar-refractivity contribution in [3.05, 3.63) is 101 Å². The maximum atomic E-state index is 6.30. The Morgan fingerprint density at radius 2 is 1.35 bits per heavy atom. The monoisotopic (exact) mass is 489 g/mol. The molecule has 3 aromatic carbocycles. The van der Waals surface area contributed by atoms with Gasteiger partial charge >= 0.3 is 0 Å². The normalized spacial score (nSPS) is 14.8. The third-order valence-electron chi connectivity index (χ3n) is 6.06. The van der Waals surface area contributed by atoms with Crippen molar-refractivity contribution in [1.82, 2.24) is 14.9 Å². The van der Waals surface area contributed by atoms with Gasteiger partial charge in [-0.15, -0.1) is 0 Å². The Morgan fingerprint density at radius 3 is 1.97 bits per heavy atom. The number of benzene rings is 3. The highest BCUT2D eigenvalue weighted by Gasteiger charge is 2.22. The van der Waals surface area contributed by atoms with Gasteiger partial charge in [0.25, 0.3) is 0 Å². The molecule has 0 atom stereocenters. The van der Waals surface area contributed by atoms with E-state index in [2.05, 4.69) is 35.2 Å². The summed E-state index contributed by atoms with van der Waals surface area (Å²) in [4.78, 5) is 12.1. The highest BCUT2D eigenvalue weighted by molar-refractivity contribution is 6.31. The van der Waals surface area contributed by atoms with E-state index < -0.39 is 0 Å². The van der Waals surface area contributed by atoms with Crippen molar-refractivity contribution < 1.29 is 4.74 Å². The summed E-state index contributed by atoms with van der Waals surface area (Å²) < 4.78 is 6.30. The van der Waals surface area contributed by atoms with Crippen molar-refractivity contribution in [3.63, 3.8) is 0 Å². The maximum absolute atomic E-state index is 6.30.